The number of hydrogen-bond donors (Lipinski definition) is 0. The van der Waals surface area contributed by atoms with Gasteiger partial charge in [0.15, 0.2) is 0 Å². The van der Waals surface area contributed by atoms with Gasteiger partial charge in [0.05, 0.1) is 0 Å². The Morgan fingerprint density at radius 1 is 1.64 bits per heavy atom. The molecule has 0 aromatic carbocycles. The highest BCUT2D eigenvalue weighted by Gasteiger charge is 2.21. The van der Waals surface area contributed by atoms with Gasteiger partial charge in [0, 0.05) is 26.4 Å². The molecule has 1 rings (SSSR count). The van der Waals surface area contributed by atoms with Crippen LogP contribution in [0.15, 0.2) is 0 Å². The Kier molecular flexibility index (Phi) is 3.87. The zero-order chi connectivity index (χ0) is 8.10. The summed E-state index contributed by atoms with van der Waals surface area (Å²) in [4.78, 5) is 0. The number of hydrogen-bond acceptors (Lipinski definition) is 2. The summed E-state index contributed by atoms with van der Waals surface area (Å²) in [5.41, 5.74) is 0. The van der Waals surface area contributed by atoms with Gasteiger partial charge in [-0.05, 0) is 25.2 Å². The lowest BCUT2D eigenvalue weighted by Gasteiger charge is -2.16. The molecular weight excluding hydrogens is 140 g/mol. The molecule has 0 spiro atoms. The second-order valence-corrected chi connectivity index (χ2v) is 3.26. The monoisotopic (exact) mass is 158 g/mol. The first kappa shape index (κ1) is 9.01. The van der Waals surface area contributed by atoms with E-state index in [0.29, 0.717) is 5.92 Å². The SMILES string of the molecule is CCOCC(C)C1CCOC1. The maximum Gasteiger partial charge on any atom is 0.0498 e. The zero-order valence-corrected chi connectivity index (χ0v) is 7.51. The molecule has 1 heterocycles. The van der Waals surface area contributed by atoms with Gasteiger partial charge in [0.1, 0.15) is 0 Å². The van der Waals surface area contributed by atoms with Gasteiger partial charge in [-0.15, -0.1) is 0 Å². The van der Waals surface area contributed by atoms with E-state index >= 15 is 0 Å². The molecule has 0 aromatic rings. The molecule has 0 aromatic heterocycles. The number of rotatable bonds is 4. The van der Waals surface area contributed by atoms with Crippen LogP contribution in [-0.2, 0) is 9.47 Å². The van der Waals surface area contributed by atoms with Crippen molar-refractivity contribution in [3.8, 4) is 0 Å². The predicted octanol–water partition coefficient (Wildman–Crippen LogP) is 1.70. The molecule has 66 valence electrons. The molecule has 0 amide bonds. The van der Waals surface area contributed by atoms with E-state index in [0.717, 1.165) is 32.3 Å². The smallest absolute Gasteiger partial charge is 0.0498 e. The summed E-state index contributed by atoms with van der Waals surface area (Å²) in [6, 6.07) is 0. The molecule has 2 nitrogen and oxygen atoms in total. The summed E-state index contributed by atoms with van der Waals surface area (Å²) in [7, 11) is 0. The van der Waals surface area contributed by atoms with Crippen LogP contribution in [0.25, 0.3) is 0 Å². The average Bonchev–Trinajstić information content (AvgIpc) is 2.52. The first-order valence-corrected chi connectivity index (χ1v) is 4.50. The minimum Gasteiger partial charge on any atom is -0.381 e. The van der Waals surface area contributed by atoms with E-state index in [2.05, 4.69) is 6.92 Å². The normalized spacial score (nSPS) is 27.3. The summed E-state index contributed by atoms with van der Waals surface area (Å²) in [6.45, 7) is 7.89. The van der Waals surface area contributed by atoms with Crippen molar-refractivity contribution in [1.82, 2.24) is 0 Å². The maximum atomic E-state index is 5.35. The second kappa shape index (κ2) is 4.73. The number of ether oxygens (including phenoxy) is 2. The van der Waals surface area contributed by atoms with E-state index in [1.807, 2.05) is 6.92 Å². The summed E-state index contributed by atoms with van der Waals surface area (Å²) >= 11 is 0. The molecule has 0 saturated carbocycles. The first-order valence-electron chi connectivity index (χ1n) is 4.50. The van der Waals surface area contributed by atoms with Gasteiger partial charge in [0.25, 0.3) is 0 Å². The molecule has 1 aliphatic heterocycles. The van der Waals surface area contributed by atoms with Crippen molar-refractivity contribution in [2.75, 3.05) is 26.4 Å². The van der Waals surface area contributed by atoms with Gasteiger partial charge < -0.3 is 9.47 Å². The standard InChI is InChI=1S/C9H18O2/c1-3-10-6-8(2)9-4-5-11-7-9/h8-9H,3-7H2,1-2H3. The van der Waals surface area contributed by atoms with E-state index in [1.165, 1.54) is 6.42 Å². The topological polar surface area (TPSA) is 18.5 Å². The van der Waals surface area contributed by atoms with Crippen molar-refractivity contribution >= 4 is 0 Å². The highest BCUT2D eigenvalue weighted by molar-refractivity contribution is 4.69. The Bertz CT molecular complexity index is 97.7. The molecule has 2 heteroatoms. The lowest BCUT2D eigenvalue weighted by Crippen LogP contribution is -2.17. The molecule has 0 aliphatic carbocycles. The predicted molar refractivity (Wildman–Crippen MR) is 44.6 cm³/mol. The molecule has 2 unspecified atom stereocenters. The fourth-order valence-electron chi connectivity index (χ4n) is 1.44. The average molecular weight is 158 g/mol. The summed E-state index contributed by atoms with van der Waals surface area (Å²) in [6.07, 6.45) is 1.22. The third kappa shape index (κ3) is 2.80. The van der Waals surface area contributed by atoms with Crippen molar-refractivity contribution in [3.63, 3.8) is 0 Å². The third-order valence-corrected chi connectivity index (χ3v) is 2.35. The molecule has 11 heavy (non-hydrogen) atoms. The van der Waals surface area contributed by atoms with Crippen molar-refractivity contribution in [2.24, 2.45) is 11.8 Å². The van der Waals surface area contributed by atoms with Crippen LogP contribution in [-0.4, -0.2) is 26.4 Å². The van der Waals surface area contributed by atoms with E-state index in [9.17, 15) is 0 Å². The first-order chi connectivity index (χ1) is 5.34. The van der Waals surface area contributed by atoms with E-state index in [-0.39, 0.29) is 0 Å². The fourth-order valence-corrected chi connectivity index (χ4v) is 1.44. The molecule has 2 atom stereocenters. The molecular formula is C9H18O2. The van der Waals surface area contributed by atoms with Crippen LogP contribution in [0.5, 0.6) is 0 Å². The highest BCUT2D eigenvalue weighted by atomic mass is 16.5. The van der Waals surface area contributed by atoms with Gasteiger partial charge in [-0.3, -0.25) is 0 Å². The van der Waals surface area contributed by atoms with Crippen LogP contribution in [0.1, 0.15) is 20.3 Å². The van der Waals surface area contributed by atoms with Gasteiger partial charge in [-0.1, -0.05) is 6.92 Å². The molecule has 0 radical (unpaired) electrons. The van der Waals surface area contributed by atoms with Crippen LogP contribution in [0.2, 0.25) is 0 Å². The Balaban J connectivity index is 2.12. The molecule has 1 aliphatic rings. The van der Waals surface area contributed by atoms with Gasteiger partial charge in [0.2, 0.25) is 0 Å². The highest BCUT2D eigenvalue weighted by Crippen LogP contribution is 2.21. The zero-order valence-electron chi connectivity index (χ0n) is 7.51. The Labute approximate surface area is 68.9 Å². The van der Waals surface area contributed by atoms with Crippen molar-refractivity contribution in [3.05, 3.63) is 0 Å². The van der Waals surface area contributed by atoms with Gasteiger partial charge in [-0.2, -0.15) is 0 Å². The molecule has 1 fully saturated rings. The minimum absolute atomic E-state index is 0.664. The largest absolute Gasteiger partial charge is 0.381 e. The summed E-state index contributed by atoms with van der Waals surface area (Å²) in [5.74, 6) is 1.40. The van der Waals surface area contributed by atoms with E-state index in [4.69, 9.17) is 9.47 Å². The fraction of sp³-hybridized carbons (Fsp3) is 1.00. The summed E-state index contributed by atoms with van der Waals surface area (Å²) < 4.78 is 10.7. The van der Waals surface area contributed by atoms with Crippen LogP contribution >= 0.6 is 0 Å². The van der Waals surface area contributed by atoms with Crippen LogP contribution in [0, 0.1) is 11.8 Å². The van der Waals surface area contributed by atoms with Crippen molar-refractivity contribution < 1.29 is 9.47 Å². The van der Waals surface area contributed by atoms with Gasteiger partial charge in [-0.25, -0.2) is 0 Å². The minimum atomic E-state index is 0.664. The lowest BCUT2D eigenvalue weighted by molar-refractivity contribution is 0.0864. The van der Waals surface area contributed by atoms with Crippen molar-refractivity contribution in [1.29, 1.82) is 0 Å². The van der Waals surface area contributed by atoms with Crippen molar-refractivity contribution in [2.45, 2.75) is 20.3 Å². The lowest BCUT2D eigenvalue weighted by atomic mass is 9.94. The summed E-state index contributed by atoms with van der Waals surface area (Å²) in [5, 5.41) is 0. The quantitative estimate of drug-likeness (QED) is 0.620. The second-order valence-electron chi connectivity index (χ2n) is 3.26. The van der Waals surface area contributed by atoms with Gasteiger partial charge >= 0.3 is 0 Å². The molecule has 1 saturated heterocycles. The third-order valence-electron chi connectivity index (χ3n) is 2.35. The van der Waals surface area contributed by atoms with Crippen LogP contribution in [0.4, 0.5) is 0 Å². The van der Waals surface area contributed by atoms with Crippen LogP contribution < -0.4 is 0 Å². The Morgan fingerprint density at radius 2 is 2.45 bits per heavy atom. The van der Waals surface area contributed by atoms with E-state index < -0.39 is 0 Å². The molecule has 0 N–H and O–H groups in total. The van der Waals surface area contributed by atoms with Crippen LogP contribution in [0.3, 0.4) is 0 Å². The Hall–Kier alpha value is -0.0800. The van der Waals surface area contributed by atoms with E-state index in [1.54, 1.807) is 0 Å². The Morgan fingerprint density at radius 3 is 3.00 bits per heavy atom. The maximum absolute atomic E-state index is 5.35. The molecule has 0 bridgehead atoms.